The summed E-state index contributed by atoms with van der Waals surface area (Å²) in [6.45, 7) is 7.46. The highest BCUT2D eigenvalue weighted by Crippen LogP contribution is 2.31. The molecule has 0 bridgehead atoms. The lowest BCUT2D eigenvalue weighted by molar-refractivity contribution is 0.0124. The number of alkyl halides is 1. The van der Waals surface area contributed by atoms with Crippen LogP contribution in [-0.4, -0.2) is 60.3 Å². The van der Waals surface area contributed by atoms with E-state index < -0.39 is 39.7 Å². The van der Waals surface area contributed by atoms with E-state index >= 15 is 4.39 Å². The quantitative estimate of drug-likeness (QED) is 0.221. The van der Waals surface area contributed by atoms with E-state index in [1.54, 1.807) is 69.4 Å². The van der Waals surface area contributed by atoms with Crippen LogP contribution in [0, 0.1) is 5.82 Å². The summed E-state index contributed by atoms with van der Waals surface area (Å²) < 4.78 is 63.1. The molecule has 3 aromatic carbocycles. The van der Waals surface area contributed by atoms with Gasteiger partial charge in [-0.3, -0.25) is 4.72 Å². The highest BCUT2D eigenvalue weighted by Gasteiger charge is 2.33. The lowest BCUT2D eigenvalue weighted by atomic mass is 9.98. The molecule has 1 saturated heterocycles. The van der Waals surface area contributed by atoms with Crippen LogP contribution in [0.25, 0.3) is 22.0 Å². The lowest BCUT2D eigenvalue weighted by Gasteiger charge is -2.36. The van der Waals surface area contributed by atoms with E-state index in [0.29, 0.717) is 40.0 Å². The summed E-state index contributed by atoms with van der Waals surface area (Å²) in [6, 6.07) is 16.2. The van der Waals surface area contributed by atoms with Crippen LogP contribution in [0.5, 0.6) is 0 Å². The van der Waals surface area contributed by atoms with E-state index in [1.165, 1.54) is 17.0 Å². The van der Waals surface area contributed by atoms with Crippen LogP contribution >= 0.6 is 0 Å². The lowest BCUT2D eigenvalue weighted by Crippen LogP contribution is -2.51. The number of aromatic nitrogens is 2. The fraction of sp³-hybridized carbons (Fsp3) is 0.364. The van der Waals surface area contributed by atoms with Gasteiger partial charge in [0, 0.05) is 36.2 Å². The van der Waals surface area contributed by atoms with Crippen molar-refractivity contribution in [1.82, 2.24) is 14.9 Å². The molecule has 12 heteroatoms. The number of ether oxygens (including phenoxy) is 1. The van der Waals surface area contributed by atoms with Crippen molar-refractivity contribution in [2.45, 2.75) is 64.1 Å². The number of amides is 1. The second-order valence-corrected chi connectivity index (χ2v) is 13.9. The second-order valence-electron chi connectivity index (χ2n) is 12.2. The Labute approximate surface area is 262 Å². The van der Waals surface area contributed by atoms with Crippen molar-refractivity contribution in [3.63, 3.8) is 0 Å². The second kappa shape index (κ2) is 13.0. The third-order valence-electron chi connectivity index (χ3n) is 7.28. The van der Waals surface area contributed by atoms with Crippen molar-refractivity contribution < 1.29 is 26.7 Å². The number of rotatable bonds is 8. The molecule has 1 aliphatic rings. The number of hydrogen-bond acceptors (Lipinski definition) is 7. The van der Waals surface area contributed by atoms with Crippen LogP contribution < -0.4 is 10.0 Å². The molecule has 45 heavy (non-hydrogen) atoms. The normalized spacial score (nSPS) is 17.2. The Kier molecular flexibility index (Phi) is 9.24. The summed E-state index contributed by atoms with van der Waals surface area (Å²) in [5, 5.41) is 3.85. The number of piperidine rings is 1. The maximum Gasteiger partial charge on any atom is 0.410 e. The van der Waals surface area contributed by atoms with Crippen molar-refractivity contribution >= 4 is 38.7 Å². The molecular formula is C33H37F2N5O4S. The smallest absolute Gasteiger partial charge is 0.410 e. The van der Waals surface area contributed by atoms with Crippen LogP contribution in [0.1, 0.15) is 45.2 Å². The zero-order valence-electron chi connectivity index (χ0n) is 25.7. The van der Waals surface area contributed by atoms with Crippen LogP contribution in [0.2, 0.25) is 0 Å². The topological polar surface area (TPSA) is 114 Å². The minimum atomic E-state index is -3.74. The molecule has 0 spiro atoms. The molecule has 238 valence electrons. The number of sulfonamides is 1. The summed E-state index contributed by atoms with van der Waals surface area (Å²) in [7, 11) is -3.74. The number of hydrogen-bond donors (Lipinski definition) is 2. The third kappa shape index (κ3) is 8.24. The molecule has 2 unspecified atom stereocenters. The van der Waals surface area contributed by atoms with E-state index in [9.17, 15) is 17.6 Å². The third-order valence-corrected chi connectivity index (χ3v) is 8.54. The number of nitrogens with one attached hydrogen (secondary N) is 2. The van der Waals surface area contributed by atoms with Crippen LogP contribution in [-0.2, 0) is 26.9 Å². The van der Waals surface area contributed by atoms with Crippen LogP contribution in [0.3, 0.4) is 0 Å². The van der Waals surface area contributed by atoms with E-state index in [-0.39, 0.29) is 31.0 Å². The molecule has 2 N–H and O–H groups in total. The van der Waals surface area contributed by atoms with Gasteiger partial charge in [0.25, 0.3) is 0 Å². The van der Waals surface area contributed by atoms with Gasteiger partial charge in [-0.25, -0.2) is 32.0 Å². The number of fused-ring (bicyclic) bond motifs is 1. The Balaban J connectivity index is 1.33. The van der Waals surface area contributed by atoms with Gasteiger partial charge in [-0.05, 0) is 74.2 Å². The number of aryl methyl sites for hydroxylation is 1. The molecule has 1 aromatic heterocycles. The molecule has 4 aromatic rings. The Hall–Kier alpha value is -4.32. The van der Waals surface area contributed by atoms with Gasteiger partial charge in [0.1, 0.15) is 17.6 Å². The molecular weight excluding hydrogens is 600 g/mol. The average molecular weight is 638 g/mol. The average Bonchev–Trinajstić information content (AvgIpc) is 2.95. The molecule has 1 amide bonds. The molecule has 9 nitrogen and oxygen atoms in total. The Morgan fingerprint density at radius 2 is 1.84 bits per heavy atom. The SMILES string of the molecule is CCc1cc(-c2ccc(NS(=O)(=O)Cc3ccccc3)cc2F)cc2cnc(NC3CC(F)CN(C(=O)OC(C)(C)C)C3)nc12. The maximum absolute atomic E-state index is 15.4. The van der Waals surface area contributed by atoms with Crippen molar-refractivity contribution in [2.24, 2.45) is 0 Å². The van der Waals surface area contributed by atoms with E-state index in [1.807, 2.05) is 13.0 Å². The minimum Gasteiger partial charge on any atom is -0.444 e. The van der Waals surface area contributed by atoms with Crippen molar-refractivity contribution in [2.75, 3.05) is 23.1 Å². The van der Waals surface area contributed by atoms with Gasteiger partial charge < -0.3 is 15.0 Å². The van der Waals surface area contributed by atoms with Crippen molar-refractivity contribution in [3.8, 4) is 11.1 Å². The standard InChI is InChI=1S/C33H37F2N5O4S/c1-5-22-13-23(28-12-11-26(16-29(28)35)39-45(42,43)20-21-9-7-6-8-10-21)14-24-17-36-31(38-30(22)24)37-27-15-25(34)18-40(19-27)32(41)44-33(2,3)4/h6-14,16-17,25,27,39H,5,15,18-20H2,1-4H3,(H,36,37,38). The number of anilines is 2. The molecule has 1 fully saturated rings. The van der Waals surface area contributed by atoms with Crippen LogP contribution in [0.15, 0.2) is 66.9 Å². The Morgan fingerprint density at radius 3 is 2.53 bits per heavy atom. The van der Waals surface area contributed by atoms with Gasteiger partial charge in [0.2, 0.25) is 16.0 Å². The van der Waals surface area contributed by atoms with Crippen molar-refractivity contribution in [3.05, 3.63) is 83.8 Å². The number of nitrogens with zero attached hydrogens (tertiary/aromatic N) is 3. The van der Waals surface area contributed by atoms with Crippen LogP contribution in [0.4, 0.5) is 25.2 Å². The summed E-state index contributed by atoms with van der Waals surface area (Å²) >= 11 is 0. The summed E-state index contributed by atoms with van der Waals surface area (Å²) in [4.78, 5) is 23.0. The van der Waals surface area contributed by atoms with Gasteiger partial charge in [0.05, 0.1) is 23.5 Å². The molecule has 0 radical (unpaired) electrons. The first-order valence-corrected chi connectivity index (χ1v) is 16.5. The first-order chi connectivity index (χ1) is 21.3. The zero-order valence-corrected chi connectivity index (χ0v) is 26.5. The van der Waals surface area contributed by atoms with Gasteiger partial charge >= 0.3 is 6.09 Å². The largest absolute Gasteiger partial charge is 0.444 e. The van der Waals surface area contributed by atoms with Gasteiger partial charge in [-0.2, -0.15) is 0 Å². The van der Waals surface area contributed by atoms with E-state index in [0.717, 1.165) is 5.56 Å². The Morgan fingerprint density at radius 1 is 1.09 bits per heavy atom. The number of halogens is 2. The molecule has 1 aliphatic heterocycles. The summed E-state index contributed by atoms with van der Waals surface area (Å²) in [6.07, 6.45) is 0.624. The number of carbonyl (C=O) groups excluding carboxylic acids is 1. The van der Waals surface area contributed by atoms with Crippen molar-refractivity contribution in [1.29, 1.82) is 0 Å². The molecule has 0 saturated carbocycles. The fourth-order valence-electron chi connectivity index (χ4n) is 5.34. The maximum atomic E-state index is 15.4. The molecule has 0 aliphatic carbocycles. The predicted molar refractivity (Wildman–Crippen MR) is 172 cm³/mol. The summed E-state index contributed by atoms with van der Waals surface area (Å²) in [5.74, 6) is -0.509. The Bertz CT molecular complexity index is 1800. The number of carbonyl (C=O) groups is 1. The minimum absolute atomic E-state index is 0.0362. The van der Waals surface area contributed by atoms with Gasteiger partial charge in [0.15, 0.2) is 0 Å². The van der Waals surface area contributed by atoms with E-state index in [2.05, 4.69) is 15.0 Å². The molecule has 2 heterocycles. The van der Waals surface area contributed by atoms with E-state index in [4.69, 9.17) is 9.72 Å². The number of likely N-dealkylation sites (tertiary alicyclic amines) is 1. The number of benzene rings is 3. The first kappa shape index (κ1) is 32.1. The highest BCUT2D eigenvalue weighted by atomic mass is 32.2. The van der Waals surface area contributed by atoms with Gasteiger partial charge in [-0.15, -0.1) is 0 Å². The van der Waals surface area contributed by atoms with Gasteiger partial charge in [-0.1, -0.05) is 37.3 Å². The predicted octanol–water partition coefficient (Wildman–Crippen LogP) is 6.70. The molecule has 2 atom stereocenters. The molecule has 5 rings (SSSR count). The fourth-order valence-corrected chi connectivity index (χ4v) is 6.53. The first-order valence-electron chi connectivity index (χ1n) is 14.8. The summed E-state index contributed by atoms with van der Waals surface area (Å²) in [5.41, 5.74) is 2.48. The zero-order chi connectivity index (χ0) is 32.4. The monoisotopic (exact) mass is 637 g/mol. The highest BCUT2D eigenvalue weighted by molar-refractivity contribution is 7.91.